The minimum Gasteiger partial charge on any atom is -0.449 e. The molecule has 4 nitrogen and oxygen atoms in total. The topological polar surface area (TPSA) is 58.6 Å². The van der Waals surface area contributed by atoms with Crippen LogP contribution in [-0.2, 0) is 4.74 Å². The summed E-state index contributed by atoms with van der Waals surface area (Å²) in [5.74, 6) is 0.0889. The van der Waals surface area contributed by atoms with Gasteiger partial charge in [-0.15, -0.1) is 0 Å². The van der Waals surface area contributed by atoms with Crippen LogP contribution in [0.3, 0.4) is 0 Å². The molecule has 0 atom stereocenters. The minimum atomic E-state index is -1.22. The van der Waals surface area contributed by atoms with Crippen molar-refractivity contribution in [3.63, 3.8) is 0 Å². The lowest BCUT2D eigenvalue weighted by atomic mass is 9.98. The quantitative estimate of drug-likeness (QED) is 0.625. The van der Waals surface area contributed by atoms with Gasteiger partial charge in [0.2, 0.25) is 9.04 Å². The largest absolute Gasteiger partial charge is 0.449 e. The molecule has 1 radical (unpaired) electrons. The van der Waals surface area contributed by atoms with Crippen molar-refractivity contribution in [1.82, 2.24) is 5.32 Å². The van der Waals surface area contributed by atoms with E-state index in [0.29, 0.717) is 13.2 Å². The second kappa shape index (κ2) is 7.64. The Hall–Kier alpha value is -2.11. The Morgan fingerprint density at radius 2 is 1.71 bits per heavy atom. The van der Waals surface area contributed by atoms with Crippen molar-refractivity contribution in [1.29, 1.82) is 0 Å². The Morgan fingerprint density at radius 1 is 1.12 bits per heavy atom. The molecule has 2 aromatic carbocycles. The molecular weight excluding hydrogens is 318 g/mol. The van der Waals surface area contributed by atoms with E-state index in [9.17, 15) is 9.59 Å². The molecular formula is C19H22NO3Si. The predicted molar refractivity (Wildman–Crippen MR) is 96.3 cm³/mol. The number of ether oxygens (including phenoxy) is 1. The smallest absolute Gasteiger partial charge is 0.407 e. The average molecular weight is 340 g/mol. The molecule has 24 heavy (non-hydrogen) atoms. The highest BCUT2D eigenvalue weighted by Crippen LogP contribution is 2.44. The number of fused-ring (bicyclic) bond motifs is 3. The molecule has 5 heteroatoms. The predicted octanol–water partition coefficient (Wildman–Crippen LogP) is 3.53. The Labute approximate surface area is 144 Å². The molecule has 2 N–H and O–H groups in total. The van der Waals surface area contributed by atoms with Crippen LogP contribution in [0.25, 0.3) is 11.1 Å². The maximum atomic E-state index is 11.9. The fraction of sp³-hybridized carbons (Fsp3) is 0.316. The Bertz CT molecular complexity index is 672. The number of alkyl carbamates (subject to hydrolysis) is 1. The van der Waals surface area contributed by atoms with Gasteiger partial charge in [0.1, 0.15) is 6.61 Å². The summed E-state index contributed by atoms with van der Waals surface area (Å²) in [6.45, 7) is 2.72. The van der Waals surface area contributed by atoms with Crippen LogP contribution in [0.4, 0.5) is 4.79 Å². The number of carbonyl (C=O) groups is 1. The van der Waals surface area contributed by atoms with E-state index in [1.54, 1.807) is 0 Å². The molecule has 0 saturated heterocycles. The Kier molecular flexibility index (Phi) is 5.33. The van der Waals surface area contributed by atoms with Crippen molar-refractivity contribution >= 4 is 15.1 Å². The van der Waals surface area contributed by atoms with Crippen molar-refractivity contribution in [3.05, 3.63) is 59.7 Å². The number of amides is 1. The maximum absolute atomic E-state index is 11.9. The van der Waals surface area contributed by atoms with Crippen molar-refractivity contribution in [2.24, 2.45) is 0 Å². The van der Waals surface area contributed by atoms with Gasteiger partial charge in [0.25, 0.3) is 0 Å². The van der Waals surface area contributed by atoms with Crippen molar-refractivity contribution in [3.8, 4) is 11.1 Å². The van der Waals surface area contributed by atoms with Gasteiger partial charge < -0.3 is 14.8 Å². The summed E-state index contributed by atoms with van der Waals surface area (Å²) >= 11 is 0. The molecule has 3 rings (SSSR count). The molecule has 1 aliphatic carbocycles. The molecule has 1 amide bonds. The van der Waals surface area contributed by atoms with Crippen molar-refractivity contribution in [2.75, 3.05) is 13.2 Å². The van der Waals surface area contributed by atoms with Gasteiger partial charge in [0.05, 0.1) is 0 Å². The lowest BCUT2D eigenvalue weighted by molar-refractivity contribution is 0.143. The number of carbonyl (C=O) groups excluding carboxylic acids is 1. The van der Waals surface area contributed by atoms with E-state index in [0.717, 1.165) is 12.5 Å². The molecule has 0 unspecified atom stereocenters. The van der Waals surface area contributed by atoms with Crippen LogP contribution < -0.4 is 5.32 Å². The molecule has 1 aliphatic rings. The third-order valence-electron chi connectivity index (χ3n) is 4.33. The van der Waals surface area contributed by atoms with E-state index >= 15 is 0 Å². The molecule has 0 spiro atoms. The monoisotopic (exact) mass is 340 g/mol. The van der Waals surface area contributed by atoms with E-state index in [1.807, 2.05) is 30.8 Å². The highest BCUT2D eigenvalue weighted by Gasteiger charge is 2.28. The molecule has 0 fully saturated rings. The summed E-state index contributed by atoms with van der Waals surface area (Å²) in [5.41, 5.74) is 4.88. The number of hydrogen-bond donors (Lipinski definition) is 2. The second-order valence-electron chi connectivity index (χ2n) is 6.09. The van der Waals surface area contributed by atoms with Crippen LogP contribution in [0, 0.1) is 0 Å². The summed E-state index contributed by atoms with van der Waals surface area (Å²) in [5, 5.41) is 2.75. The van der Waals surface area contributed by atoms with E-state index in [4.69, 9.17) is 4.74 Å². The lowest BCUT2D eigenvalue weighted by Gasteiger charge is -2.14. The van der Waals surface area contributed by atoms with E-state index in [1.165, 1.54) is 22.3 Å². The standard InChI is InChI=1S/C19H22NO3Si/c1-24(22)12-6-11-20-19(21)23-13-18-16-9-4-2-7-14(16)15-8-3-5-10-17(15)18/h2-5,7-10,18,22H,6,11-13H2,1H3,(H,20,21). The highest BCUT2D eigenvalue weighted by molar-refractivity contribution is 6.48. The minimum absolute atomic E-state index is 0.0889. The summed E-state index contributed by atoms with van der Waals surface area (Å²) < 4.78 is 5.44. The van der Waals surface area contributed by atoms with Gasteiger partial charge in [-0.2, -0.15) is 0 Å². The summed E-state index contributed by atoms with van der Waals surface area (Å²) in [4.78, 5) is 21.2. The average Bonchev–Trinajstić information content (AvgIpc) is 2.91. The summed E-state index contributed by atoms with van der Waals surface area (Å²) in [6, 6.07) is 17.3. The zero-order valence-electron chi connectivity index (χ0n) is 13.8. The molecule has 0 saturated carbocycles. The summed E-state index contributed by atoms with van der Waals surface area (Å²) in [6.07, 6.45) is 0.394. The van der Waals surface area contributed by atoms with Crippen molar-refractivity contribution < 1.29 is 14.3 Å². The van der Waals surface area contributed by atoms with Crippen LogP contribution >= 0.6 is 0 Å². The third-order valence-corrected chi connectivity index (χ3v) is 5.41. The first kappa shape index (κ1) is 16.7. The molecule has 0 aliphatic heterocycles. The Morgan fingerprint density at radius 3 is 2.29 bits per heavy atom. The van der Waals surface area contributed by atoms with Crippen LogP contribution in [-0.4, -0.2) is 33.1 Å². The van der Waals surface area contributed by atoms with E-state index in [2.05, 4.69) is 29.6 Å². The number of nitrogens with one attached hydrogen (secondary N) is 1. The first-order chi connectivity index (χ1) is 11.7. The van der Waals surface area contributed by atoms with E-state index in [-0.39, 0.29) is 12.0 Å². The first-order valence-corrected chi connectivity index (χ1v) is 10.4. The number of rotatable bonds is 6. The number of benzene rings is 2. The molecule has 125 valence electrons. The highest BCUT2D eigenvalue weighted by atomic mass is 28.3. The first-order valence-electron chi connectivity index (χ1n) is 8.27. The van der Waals surface area contributed by atoms with Gasteiger partial charge in [0, 0.05) is 12.5 Å². The number of hydrogen-bond acceptors (Lipinski definition) is 3. The zero-order valence-corrected chi connectivity index (χ0v) is 14.8. The fourth-order valence-electron chi connectivity index (χ4n) is 3.18. The second-order valence-corrected chi connectivity index (χ2v) is 8.06. The molecule has 0 aromatic heterocycles. The maximum Gasteiger partial charge on any atom is 0.407 e. The van der Waals surface area contributed by atoms with Gasteiger partial charge in [-0.3, -0.25) is 0 Å². The Balaban J connectivity index is 1.60. The van der Waals surface area contributed by atoms with Gasteiger partial charge in [-0.1, -0.05) is 48.5 Å². The van der Waals surface area contributed by atoms with Crippen LogP contribution in [0.1, 0.15) is 23.5 Å². The van der Waals surface area contributed by atoms with Crippen molar-refractivity contribution in [2.45, 2.75) is 24.9 Å². The third kappa shape index (κ3) is 3.68. The van der Waals surface area contributed by atoms with E-state index < -0.39 is 9.04 Å². The molecule has 2 aromatic rings. The zero-order chi connectivity index (χ0) is 16.9. The summed E-state index contributed by atoms with van der Waals surface area (Å²) in [7, 11) is -1.22. The van der Waals surface area contributed by atoms with Gasteiger partial charge in [0.15, 0.2) is 0 Å². The van der Waals surface area contributed by atoms with Crippen LogP contribution in [0.2, 0.25) is 12.6 Å². The van der Waals surface area contributed by atoms with Gasteiger partial charge >= 0.3 is 6.09 Å². The SMILES string of the molecule is C[Si](O)CCCNC(=O)OCC1c2ccccc2-c2ccccc21. The molecule has 0 bridgehead atoms. The van der Waals surface area contributed by atoms with Crippen LogP contribution in [0.5, 0.6) is 0 Å². The van der Waals surface area contributed by atoms with Gasteiger partial charge in [-0.25, -0.2) is 4.79 Å². The van der Waals surface area contributed by atoms with Crippen LogP contribution in [0.15, 0.2) is 48.5 Å². The van der Waals surface area contributed by atoms with Gasteiger partial charge in [-0.05, 0) is 41.3 Å². The molecule has 0 heterocycles. The normalized spacial score (nSPS) is 12.8. The lowest BCUT2D eigenvalue weighted by Crippen LogP contribution is -2.27. The fourth-order valence-corrected chi connectivity index (χ4v) is 3.87.